The van der Waals surface area contributed by atoms with Gasteiger partial charge >= 0.3 is 0 Å². The van der Waals surface area contributed by atoms with E-state index in [2.05, 4.69) is 34.9 Å². The molecule has 0 fully saturated rings. The van der Waals surface area contributed by atoms with E-state index in [1.54, 1.807) is 0 Å². The van der Waals surface area contributed by atoms with E-state index in [0.29, 0.717) is 5.11 Å². The van der Waals surface area contributed by atoms with Crippen LogP contribution in [0.1, 0.15) is 38.2 Å². The average molecular weight is 325 g/mol. The van der Waals surface area contributed by atoms with Gasteiger partial charge in [0.15, 0.2) is 5.11 Å². The van der Waals surface area contributed by atoms with Crippen LogP contribution in [0.5, 0.6) is 0 Å². The highest BCUT2D eigenvalue weighted by atomic mass is 32.1. The second kappa shape index (κ2) is 9.74. The molecule has 0 atom stereocenters. The van der Waals surface area contributed by atoms with Crippen LogP contribution >= 0.6 is 12.2 Å². The molecule has 120 valence electrons. The number of benzene rings is 2. The van der Waals surface area contributed by atoms with Crippen LogP contribution in [-0.4, -0.2) is 10.8 Å². The number of para-hydroxylation sites is 1. The molecule has 4 heteroatoms. The predicted octanol–water partition coefficient (Wildman–Crippen LogP) is 4.96. The Balaban J connectivity index is 2.00. The Labute approximate surface area is 143 Å². The molecule has 23 heavy (non-hydrogen) atoms. The number of unbranched alkanes of at least 4 members (excludes halogenated alkanes) is 2. The number of hydrogen-bond acceptors (Lipinski definition) is 2. The maximum atomic E-state index is 5.31. The van der Waals surface area contributed by atoms with E-state index >= 15 is 0 Å². The van der Waals surface area contributed by atoms with Gasteiger partial charge in [0.05, 0.1) is 5.71 Å². The van der Waals surface area contributed by atoms with E-state index in [-0.39, 0.29) is 0 Å². The first kappa shape index (κ1) is 17.2. The first-order valence-corrected chi connectivity index (χ1v) is 8.44. The van der Waals surface area contributed by atoms with E-state index in [9.17, 15) is 0 Å². The summed E-state index contributed by atoms with van der Waals surface area (Å²) in [6.07, 6.45) is 4.48. The van der Waals surface area contributed by atoms with Crippen LogP contribution < -0.4 is 10.7 Å². The molecule has 2 rings (SSSR count). The van der Waals surface area contributed by atoms with Crippen molar-refractivity contribution in [3.63, 3.8) is 0 Å². The molecule has 3 nitrogen and oxygen atoms in total. The third-order valence-corrected chi connectivity index (χ3v) is 3.64. The van der Waals surface area contributed by atoms with Gasteiger partial charge in [0.25, 0.3) is 0 Å². The summed E-state index contributed by atoms with van der Waals surface area (Å²) < 4.78 is 0. The molecule has 0 aromatic heterocycles. The lowest BCUT2D eigenvalue weighted by Gasteiger charge is -2.10. The predicted molar refractivity (Wildman–Crippen MR) is 103 cm³/mol. The molecule has 2 N–H and O–H groups in total. The van der Waals surface area contributed by atoms with Crippen LogP contribution in [-0.2, 0) is 0 Å². The van der Waals surface area contributed by atoms with E-state index in [1.807, 2.05) is 48.5 Å². The van der Waals surface area contributed by atoms with Crippen molar-refractivity contribution >= 4 is 28.7 Å². The molecule has 0 amide bonds. The van der Waals surface area contributed by atoms with Gasteiger partial charge in [0.2, 0.25) is 0 Å². The Morgan fingerprint density at radius 2 is 1.61 bits per heavy atom. The first-order valence-electron chi connectivity index (χ1n) is 8.03. The summed E-state index contributed by atoms with van der Waals surface area (Å²) in [7, 11) is 0. The lowest BCUT2D eigenvalue weighted by molar-refractivity contribution is 0.739. The summed E-state index contributed by atoms with van der Waals surface area (Å²) in [5, 5.41) is 8.15. The standard InChI is InChI=1S/C19H23N3S/c1-2-3-6-15-18(16-11-7-4-8-12-16)21-22-19(23)20-17-13-9-5-10-14-17/h4-5,7-14H,2-3,6,15H2,1H3,(H2,20,22,23). The maximum absolute atomic E-state index is 5.31. The normalized spacial score (nSPS) is 11.1. The van der Waals surface area contributed by atoms with E-state index in [0.717, 1.165) is 29.8 Å². The van der Waals surface area contributed by atoms with Gasteiger partial charge in [-0.2, -0.15) is 5.10 Å². The molecule has 2 aromatic rings. The molecule has 0 saturated carbocycles. The Morgan fingerprint density at radius 1 is 0.957 bits per heavy atom. The zero-order valence-electron chi connectivity index (χ0n) is 13.5. The van der Waals surface area contributed by atoms with Crippen LogP contribution in [0.15, 0.2) is 65.8 Å². The zero-order valence-corrected chi connectivity index (χ0v) is 14.3. The third kappa shape index (κ3) is 6.20. The van der Waals surface area contributed by atoms with Crippen LogP contribution in [0.4, 0.5) is 5.69 Å². The topological polar surface area (TPSA) is 36.4 Å². The largest absolute Gasteiger partial charge is 0.331 e. The van der Waals surface area contributed by atoms with Crippen LogP contribution in [0.2, 0.25) is 0 Å². The highest BCUT2D eigenvalue weighted by molar-refractivity contribution is 7.80. The Bertz CT molecular complexity index is 624. The van der Waals surface area contributed by atoms with E-state index in [1.165, 1.54) is 12.8 Å². The minimum atomic E-state index is 0.500. The minimum Gasteiger partial charge on any atom is -0.331 e. The van der Waals surface area contributed by atoms with E-state index in [4.69, 9.17) is 12.2 Å². The van der Waals surface area contributed by atoms with Crippen molar-refractivity contribution in [2.75, 3.05) is 5.32 Å². The summed E-state index contributed by atoms with van der Waals surface area (Å²) in [6, 6.07) is 20.1. The number of hydrogen-bond donors (Lipinski definition) is 2. The Morgan fingerprint density at radius 3 is 2.26 bits per heavy atom. The smallest absolute Gasteiger partial charge is 0.191 e. The number of nitrogens with zero attached hydrogens (tertiary/aromatic N) is 1. The summed E-state index contributed by atoms with van der Waals surface area (Å²) >= 11 is 5.31. The van der Waals surface area contributed by atoms with Crippen molar-refractivity contribution in [2.45, 2.75) is 32.6 Å². The second-order valence-corrected chi connectivity index (χ2v) is 5.72. The molecular formula is C19H23N3S. The first-order chi connectivity index (χ1) is 11.3. The molecule has 2 aromatic carbocycles. The monoisotopic (exact) mass is 325 g/mol. The molecule has 0 spiro atoms. The maximum Gasteiger partial charge on any atom is 0.191 e. The fourth-order valence-corrected chi connectivity index (χ4v) is 2.40. The van der Waals surface area contributed by atoms with Gasteiger partial charge in [-0.15, -0.1) is 0 Å². The van der Waals surface area contributed by atoms with Crippen LogP contribution in [0.3, 0.4) is 0 Å². The van der Waals surface area contributed by atoms with Crippen molar-refractivity contribution < 1.29 is 0 Å². The lowest BCUT2D eigenvalue weighted by Crippen LogP contribution is -2.25. The zero-order chi connectivity index (χ0) is 16.3. The van der Waals surface area contributed by atoms with Gasteiger partial charge in [-0.3, -0.25) is 5.43 Å². The number of anilines is 1. The average Bonchev–Trinajstić information content (AvgIpc) is 2.59. The highest BCUT2D eigenvalue weighted by Crippen LogP contribution is 2.09. The Hall–Kier alpha value is -2.20. The number of rotatable bonds is 7. The molecule has 0 aliphatic carbocycles. The van der Waals surface area contributed by atoms with Gasteiger partial charge < -0.3 is 5.32 Å². The van der Waals surface area contributed by atoms with Gasteiger partial charge in [-0.1, -0.05) is 68.3 Å². The highest BCUT2D eigenvalue weighted by Gasteiger charge is 2.04. The molecule has 0 saturated heterocycles. The Kier molecular flexibility index (Phi) is 7.27. The quantitative estimate of drug-likeness (QED) is 0.327. The third-order valence-electron chi connectivity index (χ3n) is 3.45. The van der Waals surface area contributed by atoms with Gasteiger partial charge in [-0.05, 0) is 42.8 Å². The fraction of sp³-hybridized carbons (Fsp3) is 0.263. The molecule has 0 aliphatic heterocycles. The van der Waals surface area contributed by atoms with Crippen LogP contribution in [0.25, 0.3) is 0 Å². The fourth-order valence-electron chi connectivity index (χ4n) is 2.24. The van der Waals surface area contributed by atoms with Crippen molar-refractivity contribution in [3.8, 4) is 0 Å². The van der Waals surface area contributed by atoms with E-state index < -0.39 is 0 Å². The molecular weight excluding hydrogens is 302 g/mol. The van der Waals surface area contributed by atoms with Gasteiger partial charge in [0.1, 0.15) is 0 Å². The lowest BCUT2D eigenvalue weighted by atomic mass is 10.0. The molecule has 0 bridgehead atoms. The second-order valence-electron chi connectivity index (χ2n) is 5.31. The number of nitrogens with one attached hydrogen (secondary N) is 2. The molecule has 0 radical (unpaired) electrons. The minimum absolute atomic E-state index is 0.500. The van der Waals surface area contributed by atoms with Crippen molar-refractivity contribution in [1.82, 2.24) is 5.43 Å². The SMILES string of the molecule is CCCCCC(=NNC(=S)Nc1ccccc1)c1ccccc1. The molecule has 0 unspecified atom stereocenters. The van der Waals surface area contributed by atoms with Crippen molar-refractivity contribution in [1.29, 1.82) is 0 Å². The number of hydrazone groups is 1. The van der Waals surface area contributed by atoms with Gasteiger partial charge in [0, 0.05) is 5.69 Å². The van der Waals surface area contributed by atoms with Gasteiger partial charge in [-0.25, -0.2) is 0 Å². The molecule has 0 heterocycles. The molecule has 0 aliphatic rings. The summed E-state index contributed by atoms with van der Waals surface area (Å²) in [5.74, 6) is 0. The summed E-state index contributed by atoms with van der Waals surface area (Å²) in [4.78, 5) is 0. The summed E-state index contributed by atoms with van der Waals surface area (Å²) in [6.45, 7) is 2.20. The summed E-state index contributed by atoms with van der Waals surface area (Å²) in [5.41, 5.74) is 6.09. The van der Waals surface area contributed by atoms with Crippen molar-refractivity contribution in [3.05, 3.63) is 66.2 Å². The van der Waals surface area contributed by atoms with Crippen LogP contribution in [0, 0.1) is 0 Å². The van der Waals surface area contributed by atoms with Crippen molar-refractivity contribution in [2.24, 2.45) is 5.10 Å². The number of thiocarbonyl (C=S) groups is 1.